The molecule has 0 atom stereocenters. The molecule has 0 spiro atoms. The average Bonchev–Trinajstić information content (AvgIpc) is 2.53. The molecule has 2 N–H and O–H groups in total. The zero-order valence-corrected chi connectivity index (χ0v) is 11.5. The van der Waals surface area contributed by atoms with Gasteiger partial charge in [0.05, 0.1) is 18.7 Å². The second-order valence-electron chi connectivity index (χ2n) is 4.34. The summed E-state index contributed by atoms with van der Waals surface area (Å²) in [6, 6.07) is 13.6. The number of anilines is 1. The largest absolute Gasteiger partial charge is 0.496 e. The first kappa shape index (κ1) is 14.4. The number of nitrogens with two attached hydrogens (primary N) is 1. The van der Waals surface area contributed by atoms with Crippen LogP contribution in [0.3, 0.4) is 0 Å². The van der Waals surface area contributed by atoms with Crippen LogP contribution in [0.15, 0.2) is 42.5 Å². The SMILES string of the molecule is COc1ccc(N)cc1C(=O)OCc1ccc(C#N)cc1. The number of carbonyl (C=O) groups excluding carboxylic acids is 1. The Bertz CT molecular complexity index is 688. The van der Waals surface area contributed by atoms with Crippen molar-refractivity contribution in [1.29, 1.82) is 5.26 Å². The third kappa shape index (κ3) is 3.51. The van der Waals surface area contributed by atoms with Gasteiger partial charge < -0.3 is 15.2 Å². The Morgan fingerprint density at radius 2 is 1.95 bits per heavy atom. The zero-order valence-electron chi connectivity index (χ0n) is 11.5. The molecule has 0 radical (unpaired) electrons. The van der Waals surface area contributed by atoms with Crippen LogP contribution in [0.25, 0.3) is 0 Å². The van der Waals surface area contributed by atoms with Crippen molar-refractivity contribution in [3.05, 3.63) is 59.2 Å². The maximum atomic E-state index is 12.1. The van der Waals surface area contributed by atoms with Crippen LogP contribution in [-0.4, -0.2) is 13.1 Å². The Kier molecular flexibility index (Phi) is 4.42. The molecular formula is C16H14N2O3. The Hall–Kier alpha value is -3.00. The molecule has 106 valence electrons. The molecule has 0 saturated heterocycles. The van der Waals surface area contributed by atoms with Crippen molar-refractivity contribution in [3.63, 3.8) is 0 Å². The summed E-state index contributed by atoms with van der Waals surface area (Å²) in [4.78, 5) is 12.1. The van der Waals surface area contributed by atoms with Gasteiger partial charge in [-0.2, -0.15) is 5.26 Å². The van der Waals surface area contributed by atoms with Gasteiger partial charge in [0.25, 0.3) is 0 Å². The Morgan fingerprint density at radius 3 is 2.57 bits per heavy atom. The van der Waals surface area contributed by atoms with E-state index in [2.05, 4.69) is 0 Å². The van der Waals surface area contributed by atoms with Crippen LogP contribution in [-0.2, 0) is 11.3 Å². The lowest BCUT2D eigenvalue weighted by atomic mass is 10.1. The summed E-state index contributed by atoms with van der Waals surface area (Å²) in [6.45, 7) is 0.114. The predicted octanol–water partition coefficient (Wildman–Crippen LogP) is 2.51. The lowest BCUT2D eigenvalue weighted by Crippen LogP contribution is -2.08. The van der Waals surface area contributed by atoms with Gasteiger partial charge in [-0.15, -0.1) is 0 Å². The maximum absolute atomic E-state index is 12.1. The number of benzene rings is 2. The molecule has 2 rings (SSSR count). The fraction of sp³-hybridized carbons (Fsp3) is 0.125. The van der Waals surface area contributed by atoms with Crippen LogP contribution >= 0.6 is 0 Å². The van der Waals surface area contributed by atoms with Gasteiger partial charge in [-0.1, -0.05) is 12.1 Å². The molecule has 0 unspecified atom stereocenters. The van der Waals surface area contributed by atoms with Crippen molar-refractivity contribution < 1.29 is 14.3 Å². The van der Waals surface area contributed by atoms with Gasteiger partial charge in [0.1, 0.15) is 17.9 Å². The maximum Gasteiger partial charge on any atom is 0.342 e. The number of nitriles is 1. The molecule has 0 aliphatic rings. The molecule has 0 fully saturated rings. The molecule has 5 nitrogen and oxygen atoms in total. The summed E-state index contributed by atoms with van der Waals surface area (Å²) in [5.41, 5.74) is 7.76. The lowest BCUT2D eigenvalue weighted by Gasteiger charge is -2.09. The molecule has 0 aliphatic carbocycles. The number of carbonyl (C=O) groups is 1. The normalized spacial score (nSPS) is 9.71. The summed E-state index contributed by atoms with van der Waals surface area (Å²) in [5.74, 6) is -0.0995. The first-order chi connectivity index (χ1) is 10.1. The standard InChI is InChI=1S/C16H14N2O3/c1-20-15-7-6-13(18)8-14(15)16(19)21-10-12-4-2-11(9-17)3-5-12/h2-8H,10,18H2,1H3. The van der Waals surface area contributed by atoms with E-state index in [1.54, 1.807) is 36.4 Å². The van der Waals surface area contributed by atoms with Crippen molar-refractivity contribution in [2.24, 2.45) is 0 Å². The monoisotopic (exact) mass is 282 g/mol. The van der Waals surface area contributed by atoms with Gasteiger partial charge >= 0.3 is 5.97 Å². The van der Waals surface area contributed by atoms with E-state index >= 15 is 0 Å². The summed E-state index contributed by atoms with van der Waals surface area (Å²) >= 11 is 0. The van der Waals surface area contributed by atoms with E-state index in [4.69, 9.17) is 20.5 Å². The van der Waals surface area contributed by atoms with E-state index in [0.29, 0.717) is 17.0 Å². The molecule has 0 amide bonds. The summed E-state index contributed by atoms with van der Waals surface area (Å²) in [6.07, 6.45) is 0. The van der Waals surface area contributed by atoms with E-state index in [1.807, 2.05) is 6.07 Å². The number of nitrogen functional groups attached to an aromatic ring is 1. The molecule has 0 saturated carbocycles. The number of ether oxygens (including phenoxy) is 2. The van der Waals surface area contributed by atoms with Gasteiger partial charge in [-0.25, -0.2) is 4.79 Å². The van der Waals surface area contributed by atoms with Crippen LogP contribution < -0.4 is 10.5 Å². The van der Waals surface area contributed by atoms with Gasteiger partial charge in [0.15, 0.2) is 0 Å². The highest BCUT2D eigenvalue weighted by atomic mass is 16.5. The van der Waals surface area contributed by atoms with Crippen LogP contribution in [0.2, 0.25) is 0 Å². The minimum absolute atomic E-state index is 0.114. The second-order valence-corrected chi connectivity index (χ2v) is 4.34. The van der Waals surface area contributed by atoms with E-state index < -0.39 is 5.97 Å². The van der Waals surface area contributed by atoms with Gasteiger partial charge in [0, 0.05) is 5.69 Å². The number of hydrogen-bond donors (Lipinski definition) is 1. The highest BCUT2D eigenvalue weighted by Gasteiger charge is 2.14. The van der Waals surface area contributed by atoms with Crippen LogP contribution in [0.5, 0.6) is 5.75 Å². The molecular weight excluding hydrogens is 268 g/mol. The fourth-order valence-electron chi connectivity index (χ4n) is 1.79. The van der Waals surface area contributed by atoms with Crippen molar-refractivity contribution in [2.75, 3.05) is 12.8 Å². The minimum atomic E-state index is -0.511. The number of nitrogens with zero attached hydrogens (tertiary/aromatic N) is 1. The number of rotatable bonds is 4. The second kappa shape index (κ2) is 6.44. The summed E-state index contributed by atoms with van der Waals surface area (Å²) in [7, 11) is 1.48. The molecule has 2 aromatic carbocycles. The predicted molar refractivity (Wildman–Crippen MR) is 77.7 cm³/mol. The van der Waals surface area contributed by atoms with Crippen LogP contribution in [0.4, 0.5) is 5.69 Å². The van der Waals surface area contributed by atoms with Crippen molar-refractivity contribution in [1.82, 2.24) is 0 Å². The topological polar surface area (TPSA) is 85.3 Å². The van der Waals surface area contributed by atoms with Crippen molar-refractivity contribution in [3.8, 4) is 11.8 Å². The first-order valence-electron chi connectivity index (χ1n) is 6.23. The lowest BCUT2D eigenvalue weighted by molar-refractivity contribution is 0.0469. The highest BCUT2D eigenvalue weighted by molar-refractivity contribution is 5.93. The third-order valence-corrected chi connectivity index (χ3v) is 2.90. The summed E-state index contributed by atoms with van der Waals surface area (Å²) in [5, 5.41) is 8.72. The van der Waals surface area contributed by atoms with Crippen LogP contribution in [0, 0.1) is 11.3 Å². The molecule has 5 heteroatoms. The molecule has 2 aromatic rings. The van der Waals surface area contributed by atoms with E-state index in [0.717, 1.165) is 5.56 Å². The number of esters is 1. The Morgan fingerprint density at radius 1 is 1.24 bits per heavy atom. The van der Waals surface area contributed by atoms with E-state index in [9.17, 15) is 4.79 Å². The quantitative estimate of drug-likeness (QED) is 0.688. The van der Waals surface area contributed by atoms with Crippen molar-refractivity contribution in [2.45, 2.75) is 6.61 Å². The fourth-order valence-corrected chi connectivity index (χ4v) is 1.79. The van der Waals surface area contributed by atoms with E-state index in [1.165, 1.54) is 13.2 Å². The molecule has 0 aromatic heterocycles. The van der Waals surface area contributed by atoms with E-state index in [-0.39, 0.29) is 12.2 Å². The molecule has 0 aliphatic heterocycles. The van der Waals surface area contributed by atoms with Gasteiger partial charge in [0.2, 0.25) is 0 Å². The Labute approximate surface area is 122 Å². The Balaban J connectivity index is 2.08. The number of methoxy groups -OCH3 is 1. The number of hydrogen-bond acceptors (Lipinski definition) is 5. The highest BCUT2D eigenvalue weighted by Crippen LogP contribution is 2.22. The summed E-state index contributed by atoms with van der Waals surface area (Å²) < 4.78 is 10.3. The minimum Gasteiger partial charge on any atom is -0.496 e. The third-order valence-electron chi connectivity index (χ3n) is 2.90. The average molecular weight is 282 g/mol. The zero-order chi connectivity index (χ0) is 15.2. The van der Waals surface area contributed by atoms with Gasteiger partial charge in [-0.3, -0.25) is 0 Å². The molecule has 21 heavy (non-hydrogen) atoms. The molecule has 0 bridgehead atoms. The van der Waals surface area contributed by atoms with Crippen molar-refractivity contribution >= 4 is 11.7 Å². The van der Waals surface area contributed by atoms with Crippen LogP contribution in [0.1, 0.15) is 21.5 Å². The smallest absolute Gasteiger partial charge is 0.342 e. The molecule has 0 heterocycles. The first-order valence-corrected chi connectivity index (χ1v) is 6.23. The van der Waals surface area contributed by atoms with Gasteiger partial charge in [-0.05, 0) is 35.9 Å².